The van der Waals surface area contributed by atoms with Crippen molar-refractivity contribution in [2.24, 2.45) is 0 Å². The second-order valence-electron chi connectivity index (χ2n) is 2.50. The summed E-state index contributed by atoms with van der Waals surface area (Å²) < 4.78 is 0. The monoisotopic (exact) mass is 162 g/mol. The first-order valence-electron chi connectivity index (χ1n) is 3.66. The van der Waals surface area contributed by atoms with E-state index < -0.39 is 0 Å². The minimum atomic E-state index is 0.941. The van der Waals surface area contributed by atoms with Crippen LogP contribution < -0.4 is 0 Å². The van der Waals surface area contributed by atoms with Gasteiger partial charge in [-0.2, -0.15) is 24.4 Å². The Kier molecular flexibility index (Phi) is 3.91. The summed E-state index contributed by atoms with van der Waals surface area (Å²) in [5.74, 6) is 2.45. The average molecular weight is 162 g/mol. The molecule has 1 saturated heterocycles. The molecule has 0 saturated carbocycles. The van der Waals surface area contributed by atoms with Crippen LogP contribution in [0.4, 0.5) is 0 Å². The molecule has 9 heavy (non-hydrogen) atoms. The second kappa shape index (κ2) is 4.51. The van der Waals surface area contributed by atoms with Crippen LogP contribution in [0.3, 0.4) is 0 Å². The number of hydrogen-bond donors (Lipinski definition) is 1. The Morgan fingerprint density at radius 3 is 2.89 bits per heavy atom. The van der Waals surface area contributed by atoms with Crippen molar-refractivity contribution in [1.82, 2.24) is 0 Å². The van der Waals surface area contributed by atoms with Crippen molar-refractivity contribution < 1.29 is 0 Å². The van der Waals surface area contributed by atoms with Crippen LogP contribution in [-0.2, 0) is 0 Å². The highest BCUT2D eigenvalue weighted by Crippen LogP contribution is 2.27. The lowest BCUT2D eigenvalue weighted by Gasteiger charge is -2.19. The lowest BCUT2D eigenvalue weighted by molar-refractivity contribution is 0.654. The third-order valence-corrected chi connectivity index (χ3v) is 3.45. The van der Waals surface area contributed by atoms with Crippen molar-refractivity contribution in [2.45, 2.75) is 30.9 Å². The summed E-state index contributed by atoms with van der Waals surface area (Å²) in [7, 11) is 0. The molecule has 1 unspecified atom stereocenters. The van der Waals surface area contributed by atoms with E-state index in [1.54, 1.807) is 0 Å². The predicted octanol–water partition coefficient (Wildman–Crippen LogP) is 2.59. The minimum absolute atomic E-state index is 0.941. The Hall–Kier alpha value is 0.700. The van der Waals surface area contributed by atoms with Crippen LogP contribution in [-0.4, -0.2) is 16.8 Å². The molecule has 1 rings (SSSR count). The summed E-state index contributed by atoms with van der Waals surface area (Å²) in [4.78, 5) is 0. The average Bonchev–Trinajstić information content (AvgIpc) is 1.91. The first-order valence-corrected chi connectivity index (χ1v) is 5.34. The third-order valence-electron chi connectivity index (χ3n) is 1.73. The molecule has 0 nitrogen and oxygen atoms in total. The highest BCUT2D eigenvalue weighted by atomic mass is 32.2. The van der Waals surface area contributed by atoms with Gasteiger partial charge in [0.1, 0.15) is 0 Å². The van der Waals surface area contributed by atoms with Gasteiger partial charge in [0, 0.05) is 5.25 Å². The molecule has 1 heterocycles. The topological polar surface area (TPSA) is 0 Å². The normalized spacial score (nSPS) is 28.3. The van der Waals surface area contributed by atoms with Crippen LogP contribution >= 0.6 is 24.4 Å². The van der Waals surface area contributed by atoms with E-state index in [1.165, 1.54) is 31.4 Å². The fraction of sp³-hybridized carbons (Fsp3) is 1.00. The molecule has 0 aliphatic carbocycles. The predicted molar refractivity (Wildman–Crippen MR) is 48.6 cm³/mol. The molecule has 1 aliphatic rings. The quantitative estimate of drug-likeness (QED) is 0.609. The molecule has 0 radical (unpaired) electrons. The van der Waals surface area contributed by atoms with E-state index in [0.29, 0.717) is 0 Å². The maximum absolute atomic E-state index is 4.22. The highest BCUT2D eigenvalue weighted by molar-refractivity contribution is 7.99. The zero-order chi connectivity index (χ0) is 6.53. The summed E-state index contributed by atoms with van der Waals surface area (Å²) in [6.45, 7) is 0. The molecule has 0 amide bonds. The molecule has 1 atom stereocenters. The van der Waals surface area contributed by atoms with Gasteiger partial charge in [0.2, 0.25) is 0 Å². The summed E-state index contributed by atoms with van der Waals surface area (Å²) >= 11 is 6.36. The summed E-state index contributed by atoms with van der Waals surface area (Å²) in [5.41, 5.74) is 0. The molecule has 0 aromatic heterocycles. The molecule has 0 bridgehead atoms. The van der Waals surface area contributed by atoms with Crippen molar-refractivity contribution in [3.8, 4) is 0 Å². The maximum Gasteiger partial charge on any atom is 0.00548 e. The highest BCUT2D eigenvalue weighted by Gasteiger charge is 2.11. The van der Waals surface area contributed by atoms with Gasteiger partial charge in [-0.25, -0.2) is 0 Å². The summed E-state index contributed by atoms with van der Waals surface area (Å²) in [6.07, 6.45) is 5.64. The van der Waals surface area contributed by atoms with E-state index in [-0.39, 0.29) is 0 Å². The van der Waals surface area contributed by atoms with E-state index in [9.17, 15) is 0 Å². The van der Waals surface area contributed by atoms with Crippen LogP contribution in [0.2, 0.25) is 0 Å². The van der Waals surface area contributed by atoms with Crippen molar-refractivity contribution in [3.63, 3.8) is 0 Å². The Morgan fingerprint density at radius 1 is 1.44 bits per heavy atom. The van der Waals surface area contributed by atoms with Gasteiger partial charge >= 0.3 is 0 Å². The molecule has 0 spiro atoms. The number of thiol groups is 1. The summed E-state index contributed by atoms with van der Waals surface area (Å²) in [5, 5.41) is 0.941. The van der Waals surface area contributed by atoms with Gasteiger partial charge in [-0.05, 0) is 30.8 Å². The Labute approximate surface area is 67.2 Å². The lowest BCUT2D eigenvalue weighted by Crippen LogP contribution is -2.09. The van der Waals surface area contributed by atoms with Crippen molar-refractivity contribution in [1.29, 1.82) is 0 Å². The number of rotatable bonds is 2. The molecule has 2 heteroatoms. The van der Waals surface area contributed by atoms with Crippen LogP contribution in [0.5, 0.6) is 0 Å². The summed E-state index contributed by atoms with van der Waals surface area (Å²) in [6, 6.07) is 0. The number of hydrogen-bond acceptors (Lipinski definition) is 2. The van der Waals surface area contributed by atoms with Gasteiger partial charge in [0.05, 0.1) is 0 Å². The van der Waals surface area contributed by atoms with E-state index in [0.717, 1.165) is 11.0 Å². The van der Waals surface area contributed by atoms with Gasteiger partial charge in [-0.3, -0.25) is 0 Å². The first kappa shape index (κ1) is 7.80. The van der Waals surface area contributed by atoms with Crippen LogP contribution in [0.25, 0.3) is 0 Å². The van der Waals surface area contributed by atoms with Crippen molar-refractivity contribution in [2.75, 3.05) is 11.5 Å². The fourth-order valence-corrected chi connectivity index (χ4v) is 2.99. The molecule has 1 aliphatic heterocycles. The Morgan fingerprint density at radius 2 is 2.33 bits per heavy atom. The van der Waals surface area contributed by atoms with E-state index in [1.807, 2.05) is 0 Å². The first-order chi connectivity index (χ1) is 4.43. The smallest absolute Gasteiger partial charge is 0.00548 e. The lowest BCUT2D eigenvalue weighted by atomic mass is 10.1. The van der Waals surface area contributed by atoms with E-state index in [4.69, 9.17) is 0 Å². The molecule has 0 aromatic carbocycles. The number of thioether (sulfide) groups is 1. The van der Waals surface area contributed by atoms with Crippen LogP contribution in [0, 0.1) is 0 Å². The molecule has 0 aromatic rings. The van der Waals surface area contributed by atoms with Crippen LogP contribution in [0.15, 0.2) is 0 Å². The van der Waals surface area contributed by atoms with Gasteiger partial charge in [0.25, 0.3) is 0 Å². The van der Waals surface area contributed by atoms with Crippen LogP contribution in [0.1, 0.15) is 25.7 Å². The fourth-order valence-electron chi connectivity index (χ4n) is 1.18. The standard InChI is InChI=1S/C7H14S2/c8-5-4-7-3-1-2-6-9-7/h7-8H,1-6H2. The van der Waals surface area contributed by atoms with Gasteiger partial charge in [0.15, 0.2) is 0 Å². The SMILES string of the molecule is SCCC1CCCCS1. The van der Waals surface area contributed by atoms with Crippen molar-refractivity contribution >= 4 is 24.4 Å². The van der Waals surface area contributed by atoms with E-state index in [2.05, 4.69) is 24.4 Å². The van der Waals surface area contributed by atoms with Gasteiger partial charge in [-0.15, -0.1) is 0 Å². The maximum atomic E-state index is 4.22. The zero-order valence-electron chi connectivity index (χ0n) is 5.68. The van der Waals surface area contributed by atoms with E-state index >= 15 is 0 Å². The van der Waals surface area contributed by atoms with Gasteiger partial charge < -0.3 is 0 Å². The Bertz CT molecular complexity index is 64.6. The molecule has 0 N–H and O–H groups in total. The molecular formula is C7H14S2. The zero-order valence-corrected chi connectivity index (χ0v) is 7.39. The third kappa shape index (κ3) is 2.85. The minimum Gasteiger partial charge on any atom is -0.179 e. The second-order valence-corrected chi connectivity index (χ2v) is 4.36. The van der Waals surface area contributed by atoms with Gasteiger partial charge in [-0.1, -0.05) is 6.42 Å². The molecule has 54 valence electrons. The largest absolute Gasteiger partial charge is 0.179 e. The molecular weight excluding hydrogens is 148 g/mol. The Balaban J connectivity index is 2.08. The van der Waals surface area contributed by atoms with Crippen molar-refractivity contribution in [3.05, 3.63) is 0 Å². The molecule has 1 fully saturated rings.